The van der Waals surface area contributed by atoms with Crippen LogP contribution < -0.4 is 0 Å². The number of benzene rings is 2. The molecule has 0 aliphatic carbocycles. The van der Waals surface area contributed by atoms with E-state index in [9.17, 15) is 4.39 Å². The molecule has 0 unspecified atom stereocenters. The van der Waals surface area contributed by atoms with Crippen molar-refractivity contribution in [1.82, 2.24) is 0 Å². The van der Waals surface area contributed by atoms with Crippen LogP contribution in [-0.4, -0.2) is 0 Å². The zero-order valence-corrected chi connectivity index (χ0v) is 12.0. The molecule has 0 aliphatic rings. The van der Waals surface area contributed by atoms with Gasteiger partial charge in [-0.1, -0.05) is 64.6 Å². The van der Waals surface area contributed by atoms with Gasteiger partial charge in [-0.3, -0.25) is 0 Å². The molecule has 2 aromatic carbocycles. The molecule has 0 spiro atoms. The first kappa shape index (κ1) is 14.0. The highest BCUT2D eigenvalue weighted by Crippen LogP contribution is 2.45. The van der Waals surface area contributed by atoms with Crippen LogP contribution in [0.2, 0.25) is 10.0 Å². The normalized spacial score (nSPS) is 11.6. The van der Waals surface area contributed by atoms with E-state index in [-0.39, 0.29) is 5.56 Å². The molecule has 2 rings (SSSR count). The molecule has 5 heteroatoms. The molecule has 0 bridgehead atoms. The Balaban J connectivity index is 2.61. The van der Waals surface area contributed by atoms with E-state index in [1.54, 1.807) is 24.3 Å². The Morgan fingerprint density at radius 2 is 1.56 bits per heavy atom. The maximum absolute atomic E-state index is 13.8. The summed E-state index contributed by atoms with van der Waals surface area (Å²) in [6.07, 6.45) is 0. The first-order chi connectivity index (χ1) is 8.43. The summed E-state index contributed by atoms with van der Waals surface area (Å²) in [6, 6.07) is 10.7. The predicted molar refractivity (Wildman–Crippen MR) is 75.3 cm³/mol. The minimum atomic E-state index is -1.59. The molecule has 0 nitrogen and oxygen atoms in total. The highest BCUT2D eigenvalue weighted by molar-refractivity contribution is 6.51. The largest absolute Gasteiger partial charge is 0.207 e. The summed E-state index contributed by atoms with van der Waals surface area (Å²) in [5, 5.41) is 0.754. The van der Waals surface area contributed by atoms with Gasteiger partial charge in [0.1, 0.15) is 5.82 Å². The van der Waals surface area contributed by atoms with E-state index in [1.807, 2.05) is 0 Å². The van der Waals surface area contributed by atoms with Gasteiger partial charge in [0.15, 0.2) is 4.33 Å². The number of hydrogen-bond donors (Lipinski definition) is 0. The highest BCUT2D eigenvalue weighted by atomic mass is 35.5. The van der Waals surface area contributed by atoms with Gasteiger partial charge in [0.25, 0.3) is 0 Å². The molecular formula is C13H7Cl4F. The average Bonchev–Trinajstić information content (AvgIpc) is 2.32. The van der Waals surface area contributed by atoms with Crippen molar-refractivity contribution in [2.45, 2.75) is 4.33 Å². The second-order valence-corrected chi connectivity index (χ2v) is 5.85. The van der Waals surface area contributed by atoms with Gasteiger partial charge in [-0.2, -0.15) is 0 Å². The molecule has 0 N–H and O–H groups in total. The van der Waals surface area contributed by atoms with Crippen molar-refractivity contribution >= 4 is 46.4 Å². The summed E-state index contributed by atoms with van der Waals surface area (Å²) >= 11 is 24.4. The molecule has 0 amide bonds. The van der Waals surface area contributed by atoms with Crippen molar-refractivity contribution in [3.63, 3.8) is 0 Å². The Kier molecular flexibility index (Phi) is 4.08. The number of hydrogen-bond acceptors (Lipinski definition) is 0. The van der Waals surface area contributed by atoms with E-state index in [0.717, 1.165) is 0 Å². The number of alkyl halides is 2. The number of halogens is 5. The molecular weight excluding hydrogens is 317 g/mol. The molecule has 0 saturated carbocycles. The van der Waals surface area contributed by atoms with Crippen LogP contribution >= 0.6 is 46.4 Å². The lowest BCUT2D eigenvalue weighted by Crippen LogP contribution is -2.15. The van der Waals surface area contributed by atoms with Gasteiger partial charge in [-0.05, 0) is 24.3 Å². The fourth-order valence-corrected chi connectivity index (χ4v) is 2.75. The van der Waals surface area contributed by atoms with E-state index in [4.69, 9.17) is 46.4 Å². The van der Waals surface area contributed by atoms with E-state index < -0.39 is 10.2 Å². The van der Waals surface area contributed by atoms with Gasteiger partial charge in [0.2, 0.25) is 0 Å². The Bertz CT molecular complexity index is 581. The van der Waals surface area contributed by atoms with Crippen LogP contribution in [0.1, 0.15) is 11.1 Å². The van der Waals surface area contributed by atoms with Crippen LogP contribution in [-0.2, 0) is 4.33 Å². The third kappa shape index (κ3) is 2.60. The predicted octanol–water partition coefficient (Wildman–Crippen LogP) is 5.81. The van der Waals surface area contributed by atoms with E-state index in [1.165, 1.54) is 18.2 Å². The molecule has 0 aromatic heterocycles. The molecule has 0 fully saturated rings. The van der Waals surface area contributed by atoms with Crippen molar-refractivity contribution in [3.05, 3.63) is 69.5 Å². The Morgan fingerprint density at radius 1 is 0.889 bits per heavy atom. The topological polar surface area (TPSA) is 0 Å². The van der Waals surface area contributed by atoms with Crippen LogP contribution in [0, 0.1) is 5.82 Å². The van der Waals surface area contributed by atoms with Crippen molar-refractivity contribution in [2.75, 3.05) is 0 Å². The van der Waals surface area contributed by atoms with Crippen LogP contribution in [0.4, 0.5) is 4.39 Å². The maximum Gasteiger partial charge on any atom is 0.172 e. The van der Waals surface area contributed by atoms with Crippen LogP contribution in [0.3, 0.4) is 0 Å². The monoisotopic (exact) mass is 322 g/mol. The zero-order valence-electron chi connectivity index (χ0n) is 8.93. The zero-order chi connectivity index (χ0) is 13.3. The summed E-state index contributed by atoms with van der Waals surface area (Å²) in [7, 11) is 0. The Hall–Kier alpha value is -0.470. The SMILES string of the molecule is Fc1ccccc1C(Cl)(Cl)c1cc(Cl)ccc1Cl. The smallest absolute Gasteiger partial charge is 0.172 e. The van der Waals surface area contributed by atoms with Gasteiger partial charge in [0.05, 0.1) is 0 Å². The van der Waals surface area contributed by atoms with E-state index in [0.29, 0.717) is 15.6 Å². The van der Waals surface area contributed by atoms with Gasteiger partial charge >= 0.3 is 0 Å². The average molecular weight is 324 g/mol. The molecule has 94 valence electrons. The van der Waals surface area contributed by atoms with Crippen molar-refractivity contribution < 1.29 is 4.39 Å². The number of rotatable bonds is 2. The Labute approximate surface area is 124 Å². The summed E-state index contributed by atoms with van der Waals surface area (Å²) < 4.78 is 12.2. The first-order valence-corrected chi connectivity index (χ1v) is 6.52. The van der Waals surface area contributed by atoms with E-state index in [2.05, 4.69) is 0 Å². The summed E-state index contributed by atoms with van der Waals surface area (Å²) in [5.41, 5.74) is 0.489. The fourth-order valence-electron chi connectivity index (χ4n) is 1.60. The lowest BCUT2D eigenvalue weighted by Gasteiger charge is -2.22. The molecule has 18 heavy (non-hydrogen) atoms. The second-order valence-electron chi connectivity index (χ2n) is 3.68. The van der Waals surface area contributed by atoms with Crippen molar-refractivity contribution in [3.8, 4) is 0 Å². The lowest BCUT2D eigenvalue weighted by atomic mass is 10.0. The minimum absolute atomic E-state index is 0.137. The van der Waals surface area contributed by atoms with Crippen LogP contribution in [0.5, 0.6) is 0 Å². The van der Waals surface area contributed by atoms with Gasteiger partial charge in [-0.25, -0.2) is 4.39 Å². The Morgan fingerprint density at radius 3 is 2.22 bits per heavy atom. The molecule has 0 atom stereocenters. The highest BCUT2D eigenvalue weighted by Gasteiger charge is 2.34. The van der Waals surface area contributed by atoms with E-state index >= 15 is 0 Å². The van der Waals surface area contributed by atoms with Crippen molar-refractivity contribution in [2.24, 2.45) is 0 Å². The second kappa shape index (κ2) is 5.26. The van der Waals surface area contributed by atoms with Gasteiger partial charge in [0, 0.05) is 21.2 Å². The van der Waals surface area contributed by atoms with Crippen molar-refractivity contribution in [1.29, 1.82) is 0 Å². The molecule has 0 radical (unpaired) electrons. The third-order valence-corrected chi connectivity index (χ3v) is 3.86. The molecule has 0 aliphatic heterocycles. The van der Waals surface area contributed by atoms with Crippen LogP contribution in [0.15, 0.2) is 42.5 Å². The maximum atomic E-state index is 13.8. The molecule has 0 heterocycles. The summed E-state index contributed by atoms with van der Waals surface area (Å²) in [6.45, 7) is 0. The van der Waals surface area contributed by atoms with Gasteiger partial charge < -0.3 is 0 Å². The summed E-state index contributed by atoms with van der Waals surface area (Å²) in [5.74, 6) is -0.501. The third-order valence-electron chi connectivity index (χ3n) is 2.48. The summed E-state index contributed by atoms with van der Waals surface area (Å²) in [4.78, 5) is 0. The minimum Gasteiger partial charge on any atom is -0.207 e. The molecule has 0 saturated heterocycles. The first-order valence-electron chi connectivity index (χ1n) is 5.01. The van der Waals surface area contributed by atoms with Crippen LogP contribution in [0.25, 0.3) is 0 Å². The lowest BCUT2D eigenvalue weighted by molar-refractivity contribution is 0.608. The standard InChI is InChI=1S/C13H7Cl4F/c14-8-5-6-11(15)10(7-8)13(16,17)9-3-1-2-4-12(9)18/h1-7H. The fraction of sp³-hybridized carbons (Fsp3) is 0.0769. The quantitative estimate of drug-likeness (QED) is 0.612. The van der Waals surface area contributed by atoms with Gasteiger partial charge in [-0.15, -0.1) is 0 Å². The molecule has 2 aromatic rings.